The third kappa shape index (κ3) is 7.17. The predicted octanol–water partition coefficient (Wildman–Crippen LogP) is 3.58. The summed E-state index contributed by atoms with van der Waals surface area (Å²) in [5, 5.41) is 8.51. The summed E-state index contributed by atoms with van der Waals surface area (Å²) in [4.78, 5) is 34.4. The smallest absolute Gasteiger partial charge is 0.334 e. The van der Waals surface area contributed by atoms with E-state index in [0.717, 1.165) is 88.0 Å². The summed E-state index contributed by atoms with van der Waals surface area (Å²) in [7, 11) is 0. The monoisotopic (exact) mass is 522 g/mol. The number of carbonyl (C=O) groups excluding carboxylic acids is 2. The number of carbonyl (C=O) groups is 2. The molecule has 0 radical (unpaired) electrons. The molecule has 2 aliphatic heterocycles. The molecule has 1 aromatic rings. The van der Waals surface area contributed by atoms with Crippen LogP contribution in [0.15, 0.2) is 48.6 Å². The third-order valence-corrected chi connectivity index (χ3v) is 7.58. The van der Waals surface area contributed by atoms with E-state index in [9.17, 15) is 9.59 Å². The van der Waals surface area contributed by atoms with E-state index in [-0.39, 0.29) is 23.7 Å². The van der Waals surface area contributed by atoms with E-state index in [4.69, 9.17) is 16.0 Å². The average molecular weight is 523 g/mol. The van der Waals surface area contributed by atoms with Gasteiger partial charge in [-0.2, -0.15) is 0 Å². The Morgan fingerprint density at radius 3 is 2.68 bits per heavy atom. The second kappa shape index (κ2) is 14.0. The summed E-state index contributed by atoms with van der Waals surface area (Å²) in [5.74, 6) is 6.40. The number of aryl methyl sites for hydroxylation is 1. The fourth-order valence-corrected chi connectivity index (χ4v) is 5.18. The molecule has 2 fully saturated rings. The van der Waals surface area contributed by atoms with Crippen LogP contribution in [-0.4, -0.2) is 72.3 Å². The first-order valence-corrected chi connectivity index (χ1v) is 13.5. The number of hydrogen-bond acceptors (Lipinski definition) is 7. The van der Waals surface area contributed by atoms with Crippen molar-refractivity contribution in [3.63, 3.8) is 0 Å². The van der Waals surface area contributed by atoms with Gasteiger partial charge in [0.2, 0.25) is 5.91 Å². The van der Waals surface area contributed by atoms with Crippen LogP contribution in [0.4, 0.5) is 5.82 Å². The summed E-state index contributed by atoms with van der Waals surface area (Å²) in [5.41, 5.74) is 3.91. The van der Waals surface area contributed by atoms with Crippen LogP contribution < -0.4 is 10.9 Å². The molecule has 3 heterocycles. The van der Waals surface area contributed by atoms with Crippen molar-refractivity contribution in [2.45, 2.75) is 51.9 Å². The van der Waals surface area contributed by atoms with E-state index in [2.05, 4.69) is 36.9 Å². The van der Waals surface area contributed by atoms with Crippen molar-refractivity contribution >= 4 is 24.0 Å². The minimum atomic E-state index is -0.192. The number of nitrogens with zero attached hydrogens (tertiary/aromatic N) is 4. The van der Waals surface area contributed by atoms with Crippen molar-refractivity contribution in [3.8, 4) is 0 Å². The van der Waals surface area contributed by atoms with Gasteiger partial charge in [0.15, 0.2) is 0 Å². The zero-order valence-corrected chi connectivity index (χ0v) is 22.8. The lowest BCUT2D eigenvalue weighted by molar-refractivity contribution is -0.142. The Kier molecular flexibility index (Phi) is 10.8. The van der Waals surface area contributed by atoms with E-state index in [1.54, 1.807) is 6.07 Å². The van der Waals surface area contributed by atoms with Crippen LogP contribution in [0.5, 0.6) is 0 Å². The number of esters is 1. The Labute approximate surface area is 226 Å². The molecule has 2 atom stereocenters. The first kappa shape index (κ1) is 29.3. The number of fused-ring (bicyclic) bond motifs is 1. The lowest BCUT2D eigenvalue weighted by Gasteiger charge is -2.37. The number of hydrogen-bond donors (Lipinski definition) is 2. The number of nitrogens with one attached hydrogen (secondary N) is 1. The molecule has 0 aromatic carbocycles. The maximum absolute atomic E-state index is 13.4. The van der Waals surface area contributed by atoms with Crippen LogP contribution in [0.2, 0.25) is 0 Å². The lowest BCUT2D eigenvalue weighted by atomic mass is 9.84. The van der Waals surface area contributed by atoms with E-state index < -0.39 is 0 Å². The number of aromatic nitrogens is 1. The van der Waals surface area contributed by atoms with Gasteiger partial charge >= 0.3 is 5.97 Å². The molecule has 0 bridgehead atoms. The van der Waals surface area contributed by atoms with Crippen molar-refractivity contribution in [2.75, 3.05) is 44.3 Å². The van der Waals surface area contributed by atoms with Crippen LogP contribution in [0.25, 0.3) is 0 Å². The number of piperazine rings is 1. The fourth-order valence-electron chi connectivity index (χ4n) is 5.18. The quantitative estimate of drug-likeness (QED) is 0.107. The Hall–Kier alpha value is -3.30. The number of allylic oxidation sites excluding steroid dienone is 2. The molecule has 4 rings (SSSR count). The Balaban J connectivity index is 0.00000195. The number of ether oxygens (including phenoxy) is 1. The highest BCUT2D eigenvalue weighted by Gasteiger charge is 2.32. The molecule has 3 aliphatic rings. The third-order valence-electron chi connectivity index (χ3n) is 7.58. The number of cyclic esters (lactones) is 1. The summed E-state index contributed by atoms with van der Waals surface area (Å²) < 4.78 is 5.16. The fraction of sp³-hybridized carbons (Fsp3) is 0.517. The van der Waals surface area contributed by atoms with Gasteiger partial charge in [0.25, 0.3) is 0 Å². The van der Waals surface area contributed by atoms with Gasteiger partial charge in [-0.05, 0) is 56.6 Å². The highest BCUT2D eigenvalue weighted by atomic mass is 16.5. The van der Waals surface area contributed by atoms with Crippen molar-refractivity contribution in [3.05, 3.63) is 59.8 Å². The molecular weight excluding hydrogens is 480 g/mol. The minimum absolute atomic E-state index is 0.153. The first-order chi connectivity index (χ1) is 18.4. The first-order valence-electron chi connectivity index (χ1n) is 13.5. The van der Waals surface area contributed by atoms with Crippen LogP contribution in [0.1, 0.15) is 56.7 Å². The van der Waals surface area contributed by atoms with Gasteiger partial charge in [0.05, 0.1) is 12.5 Å². The average Bonchev–Trinajstić information content (AvgIpc) is 2.95. The minimum Gasteiger partial charge on any atom is -0.462 e. The lowest BCUT2D eigenvalue weighted by Crippen LogP contribution is -2.50. The number of rotatable bonds is 7. The zero-order valence-electron chi connectivity index (χ0n) is 22.8. The van der Waals surface area contributed by atoms with Crippen LogP contribution >= 0.6 is 0 Å². The van der Waals surface area contributed by atoms with Crippen LogP contribution in [0, 0.1) is 11.3 Å². The van der Waals surface area contributed by atoms with Crippen LogP contribution in [0.3, 0.4) is 0 Å². The van der Waals surface area contributed by atoms with Gasteiger partial charge in [-0.25, -0.2) is 15.6 Å². The summed E-state index contributed by atoms with van der Waals surface area (Å²) >= 11 is 0. The van der Waals surface area contributed by atoms with Crippen molar-refractivity contribution in [2.24, 2.45) is 11.8 Å². The molecule has 1 aromatic heterocycles. The standard InChI is InChI=1S/C27H38N6O3.C2H4/c1-19(6-7-21-20(2)11-17-36-27(21)35)10-12-31-13-15-32(16-14-31)26(34)23-4-3-5-24-22(23)8-9-25(30-24)33(29)18-28;1-2/h6-9,18,20,23,28H,3-5,10-17,29H2,1-2H3;1-2H2/b19-6+,21-7+,28-18?;. The summed E-state index contributed by atoms with van der Waals surface area (Å²) in [6.45, 7) is 14.8. The van der Waals surface area contributed by atoms with E-state index in [1.165, 1.54) is 10.6 Å². The number of nitrogens with two attached hydrogens (primary N) is 1. The second-order valence-corrected chi connectivity index (χ2v) is 10.1. The number of pyridine rings is 1. The van der Waals surface area contributed by atoms with E-state index in [1.807, 2.05) is 23.1 Å². The highest BCUT2D eigenvalue weighted by molar-refractivity contribution is 5.90. The molecule has 2 unspecified atom stereocenters. The zero-order chi connectivity index (χ0) is 27.7. The number of hydrazine groups is 1. The molecule has 9 nitrogen and oxygen atoms in total. The topological polar surface area (TPSA) is 116 Å². The van der Waals surface area contributed by atoms with Gasteiger partial charge < -0.3 is 9.64 Å². The Morgan fingerprint density at radius 1 is 1.26 bits per heavy atom. The molecule has 0 saturated carbocycles. The van der Waals surface area contributed by atoms with Gasteiger partial charge in [-0.3, -0.25) is 20.1 Å². The molecule has 206 valence electrons. The molecule has 2 saturated heterocycles. The van der Waals surface area contributed by atoms with Gasteiger partial charge in [0, 0.05) is 44.0 Å². The molecule has 0 spiro atoms. The van der Waals surface area contributed by atoms with Gasteiger partial charge in [0.1, 0.15) is 12.2 Å². The summed E-state index contributed by atoms with van der Waals surface area (Å²) in [6.07, 6.45) is 9.41. The van der Waals surface area contributed by atoms with Crippen molar-refractivity contribution in [1.82, 2.24) is 14.8 Å². The number of amides is 1. The largest absolute Gasteiger partial charge is 0.462 e. The molecular formula is C29H42N6O3. The summed E-state index contributed by atoms with van der Waals surface area (Å²) in [6, 6.07) is 3.74. The van der Waals surface area contributed by atoms with Crippen molar-refractivity contribution < 1.29 is 14.3 Å². The van der Waals surface area contributed by atoms with Gasteiger partial charge in [-0.1, -0.05) is 30.7 Å². The Morgan fingerprint density at radius 2 is 2.00 bits per heavy atom. The Bertz CT molecular complexity index is 1060. The second-order valence-electron chi connectivity index (χ2n) is 10.1. The molecule has 1 aliphatic carbocycles. The highest BCUT2D eigenvalue weighted by Crippen LogP contribution is 2.33. The maximum Gasteiger partial charge on any atom is 0.334 e. The van der Waals surface area contributed by atoms with Crippen molar-refractivity contribution in [1.29, 1.82) is 5.41 Å². The number of anilines is 1. The predicted molar refractivity (Wildman–Crippen MR) is 151 cm³/mol. The van der Waals surface area contributed by atoms with E-state index >= 15 is 0 Å². The molecule has 38 heavy (non-hydrogen) atoms. The van der Waals surface area contributed by atoms with Gasteiger partial charge in [-0.15, -0.1) is 13.2 Å². The SMILES string of the molecule is C/C(=C\C=C1\C(=O)OCCC1C)CCN1CCN(C(=O)C2CCCc3nc(N(N)C=N)ccc32)CC1.C=C. The molecule has 3 N–H and O–H groups in total. The molecule has 1 amide bonds. The van der Waals surface area contributed by atoms with E-state index in [0.29, 0.717) is 12.4 Å². The maximum atomic E-state index is 13.4. The van der Waals surface area contributed by atoms with Crippen LogP contribution in [-0.2, 0) is 20.7 Å². The molecule has 9 heteroatoms. The normalized spacial score (nSPS) is 23.1.